The van der Waals surface area contributed by atoms with Crippen molar-refractivity contribution in [3.8, 4) is 0 Å². The van der Waals surface area contributed by atoms with Gasteiger partial charge in [-0.1, -0.05) is 48.6 Å². The molecule has 28 heavy (non-hydrogen) atoms. The third-order valence-electron chi connectivity index (χ3n) is 5.08. The molecule has 0 heterocycles. The van der Waals surface area contributed by atoms with Crippen molar-refractivity contribution in [2.24, 2.45) is 0 Å². The van der Waals surface area contributed by atoms with Crippen LogP contribution in [-0.4, -0.2) is 12.6 Å². The Morgan fingerprint density at radius 2 is 1.93 bits per heavy atom. The molecule has 152 valence electrons. The molecule has 1 unspecified atom stereocenters. The van der Waals surface area contributed by atoms with Gasteiger partial charge >= 0.3 is 0 Å². The first-order valence-corrected chi connectivity index (χ1v) is 10.3. The Balaban J connectivity index is 2.04. The molecule has 1 atom stereocenters. The van der Waals surface area contributed by atoms with Crippen molar-refractivity contribution in [2.75, 3.05) is 6.54 Å². The van der Waals surface area contributed by atoms with E-state index in [1.54, 1.807) is 19.9 Å². The molecule has 1 aliphatic carbocycles. The lowest BCUT2D eigenvalue weighted by atomic mass is 10.0. The molecule has 0 aliphatic heterocycles. The van der Waals surface area contributed by atoms with Crippen LogP contribution in [0.15, 0.2) is 78.4 Å². The minimum Gasteiger partial charge on any atom is -0.493 e. The van der Waals surface area contributed by atoms with Crippen molar-refractivity contribution in [3.05, 3.63) is 83.9 Å². The van der Waals surface area contributed by atoms with Crippen molar-refractivity contribution in [3.63, 3.8) is 0 Å². The Bertz CT molecular complexity index is 695. The van der Waals surface area contributed by atoms with Gasteiger partial charge in [0.15, 0.2) is 0 Å². The van der Waals surface area contributed by atoms with Gasteiger partial charge in [-0.25, -0.2) is 4.39 Å². The predicted octanol–water partition coefficient (Wildman–Crippen LogP) is 6.95. The summed E-state index contributed by atoms with van der Waals surface area (Å²) in [5, 5.41) is 3.56. The second-order valence-corrected chi connectivity index (χ2v) is 7.68. The zero-order valence-electron chi connectivity index (χ0n) is 17.3. The number of rotatable bonds is 11. The first-order valence-electron chi connectivity index (χ1n) is 10.3. The van der Waals surface area contributed by atoms with E-state index in [2.05, 4.69) is 30.6 Å². The minimum atomic E-state index is -0.162. The van der Waals surface area contributed by atoms with E-state index in [-0.39, 0.29) is 18.0 Å². The van der Waals surface area contributed by atoms with E-state index in [0.29, 0.717) is 18.5 Å². The summed E-state index contributed by atoms with van der Waals surface area (Å²) in [5.74, 6) is 0.605. The highest BCUT2D eigenvalue weighted by atomic mass is 19.1. The zero-order valence-corrected chi connectivity index (χ0v) is 17.3. The lowest BCUT2D eigenvalue weighted by Crippen LogP contribution is -2.26. The van der Waals surface area contributed by atoms with E-state index in [9.17, 15) is 4.39 Å². The Labute approximate surface area is 169 Å². The van der Waals surface area contributed by atoms with Gasteiger partial charge in [-0.05, 0) is 76.1 Å². The summed E-state index contributed by atoms with van der Waals surface area (Å²) in [6, 6.07) is 10.2. The molecule has 0 bridgehead atoms. The van der Waals surface area contributed by atoms with Gasteiger partial charge in [0.05, 0.1) is 12.1 Å². The topological polar surface area (TPSA) is 21.3 Å². The average Bonchev–Trinajstić information content (AvgIpc) is 3.18. The number of halogens is 1. The highest BCUT2D eigenvalue weighted by Gasteiger charge is 2.22. The fraction of sp³-hybridized carbons (Fsp3) is 0.440. The second-order valence-electron chi connectivity index (χ2n) is 7.68. The van der Waals surface area contributed by atoms with Gasteiger partial charge in [-0.15, -0.1) is 6.58 Å². The number of hydrogen-bond acceptors (Lipinski definition) is 2. The summed E-state index contributed by atoms with van der Waals surface area (Å²) in [6.45, 7) is 12.3. The Morgan fingerprint density at radius 3 is 2.54 bits per heavy atom. The molecule has 0 aromatic heterocycles. The van der Waals surface area contributed by atoms with Crippen molar-refractivity contribution < 1.29 is 9.13 Å². The van der Waals surface area contributed by atoms with Crippen LogP contribution in [0.2, 0.25) is 0 Å². The van der Waals surface area contributed by atoms with Crippen LogP contribution in [0.4, 0.5) is 4.39 Å². The summed E-state index contributed by atoms with van der Waals surface area (Å²) < 4.78 is 20.2. The average molecular weight is 384 g/mol. The third kappa shape index (κ3) is 7.12. The number of hydrogen-bond donors (Lipinski definition) is 1. The zero-order chi connectivity index (χ0) is 20.4. The molecule has 0 saturated heterocycles. The standard InChI is InChI=1S/C25H34FNO/c1-5-11-21(18-24(26)19(2)3)16-17-27-25(22-12-7-6-8-13-22)20(4)28-23-14-9-10-15-23/h5-8,12-13,18,23,25,27H,1,4,9-11,14-17H2,2-3H3/b21-18+. The monoisotopic (exact) mass is 383 g/mol. The number of allylic oxidation sites excluding steroid dienone is 4. The summed E-state index contributed by atoms with van der Waals surface area (Å²) in [4.78, 5) is 0. The fourth-order valence-corrected chi connectivity index (χ4v) is 3.47. The van der Waals surface area contributed by atoms with E-state index in [4.69, 9.17) is 4.74 Å². The molecule has 1 aliphatic rings. The minimum absolute atomic E-state index is 0.0694. The third-order valence-corrected chi connectivity index (χ3v) is 5.08. The molecular weight excluding hydrogens is 349 g/mol. The molecule has 1 aromatic rings. The molecule has 3 heteroatoms. The van der Waals surface area contributed by atoms with E-state index in [1.807, 2.05) is 24.3 Å². The van der Waals surface area contributed by atoms with Crippen molar-refractivity contribution in [2.45, 2.75) is 64.5 Å². The van der Waals surface area contributed by atoms with Crippen LogP contribution in [0.1, 0.15) is 64.0 Å². The fourth-order valence-electron chi connectivity index (χ4n) is 3.47. The number of ether oxygens (including phenoxy) is 1. The highest BCUT2D eigenvalue weighted by molar-refractivity contribution is 5.26. The maximum atomic E-state index is 14.0. The van der Waals surface area contributed by atoms with Gasteiger partial charge in [-0.3, -0.25) is 0 Å². The quantitative estimate of drug-likeness (QED) is 0.254. The lowest BCUT2D eigenvalue weighted by Gasteiger charge is -2.25. The molecule has 1 fully saturated rings. The largest absolute Gasteiger partial charge is 0.493 e. The van der Waals surface area contributed by atoms with Gasteiger partial charge in [0.25, 0.3) is 0 Å². The Hall–Kier alpha value is -2.13. The van der Waals surface area contributed by atoms with Crippen LogP contribution >= 0.6 is 0 Å². The van der Waals surface area contributed by atoms with Crippen LogP contribution in [-0.2, 0) is 4.74 Å². The van der Waals surface area contributed by atoms with E-state index < -0.39 is 0 Å². The van der Waals surface area contributed by atoms with Gasteiger partial charge < -0.3 is 10.1 Å². The van der Waals surface area contributed by atoms with E-state index in [1.165, 1.54) is 12.8 Å². The van der Waals surface area contributed by atoms with Crippen LogP contribution in [0.25, 0.3) is 0 Å². The van der Waals surface area contributed by atoms with Crippen molar-refractivity contribution in [1.29, 1.82) is 0 Å². The molecule has 0 amide bonds. The maximum Gasteiger partial charge on any atom is 0.121 e. The molecule has 0 spiro atoms. The van der Waals surface area contributed by atoms with Crippen LogP contribution in [0.5, 0.6) is 0 Å². The van der Waals surface area contributed by atoms with Gasteiger partial charge in [-0.2, -0.15) is 0 Å². The van der Waals surface area contributed by atoms with Crippen LogP contribution in [0, 0.1) is 0 Å². The molecule has 1 N–H and O–H groups in total. The first-order chi connectivity index (χ1) is 13.5. The second kappa shape index (κ2) is 11.7. The molecule has 1 aromatic carbocycles. The normalized spacial score (nSPS) is 15.9. The Morgan fingerprint density at radius 1 is 1.25 bits per heavy atom. The highest BCUT2D eigenvalue weighted by Crippen LogP contribution is 2.28. The SMILES string of the molecule is C=CC/C(=C\C(F)=C(C)C)CCNC(C(=C)OC1CCCC1)c1ccccc1. The van der Waals surface area contributed by atoms with Gasteiger partial charge in [0, 0.05) is 0 Å². The van der Waals surface area contributed by atoms with Crippen molar-refractivity contribution in [1.82, 2.24) is 5.32 Å². The summed E-state index contributed by atoms with van der Waals surface area (Å²) in [7, 11) is 0. The molecule has 1 saturated carbocycles. The van der Waals surface area contributed by atoms with E-state index in [0.717, 1.165) is 36.2 Å². The molecule has 2 nitrogen and oxygen atoms in total. The van der Waals surface area contributed by atoms with Crippen molar-refractivity contribution >= 4 is 0 Å². The van der Waals surface area contributed by atoms with Crippen LogP contribution < -0.4 is 5.32 Å². The van der Waals surface area contributed by atoms with Gasteiger partial charge in [0.1, 0.15) is 11.6 Å². The lowest BCUT2D eigenvalue weighted by molar-refractivity contribution is 0.105. The molecular formula is C25H34FNO. The summed E-state index contributed by atoms with van der Waals surface area (Å²) in [6.07, 6.45) is 9.83. The first kappa shape index (κ1) is 22.2. The number of nitrogens with one attached hydrogen (secondary N) is 1. The predicted molar refractivity (Wildman–Crippen MR) is 117 cm³/mol. The molecule has 0 radical (unpaired) electrons. The summed E-state index contributed by atoms with van der Waals surface area (Å²) in [5.41, 5.74) is 2.85. The maximum absolute atomic E-state index is 14.0. The van der Waals surface area contributed by atoms with E-state index >= 15 is 0 Å². The smallest absolute Gasteiger partial charge is 0.121 e. The van der Waals surface area contributed by atoms with Crippen LogP contribution in [0.3, 0.4) is 0 Å². The van der Waals surface area contributed by atoms with Gasteiger partial charge in [0.2, 0.25) is 0 Å². The molecule has 2 rings (SSSR count). The Kier molecular flexibility index (Phi) is 9.22. The number of benzene rings is 1. The summed E-state index contributed by atoms with van der Waals surface area (Å²) >= 11 is 0.